The van der Waals surface area contributed by atoms with E-state index in [4.69, 9.17) is 4.74 Å². The van der Waals surface area contributed by atoms with Crippen molar-refractivity contribution in [1.29, 1.82) is 0 Å². The van der Waals surface area contributed by atoms with Crippen molar-refractivity contribution in [2.75, 3.05) is 6.61 Å². The molecule has 1 atom stereocenters. The van der Waals surface area contributed by atoms with Gasteiger partial charge in [-0.2, -0.15) is 0 Å². The Hall–Kier alpha value is -0.560. The van der Waals surface area contributed by atoms with Crippen molar-refractivity contribution >= 4 is 0 Å². The topological polar surface area (TPSA) is 9.23 Å². The second-order valence-electron chi connectivity index (χ2n) is 3.84. The first-order chi connectivity index (χ1) is 6.42. The minimum absolute atomic E-state index is 0.431. The molecule has 0 N–H and O–H groups in total. The van der Waals surface area contributed by atoms with Gasteiger partial charge in [0, 0.05) is 0 Å². The van der Waals surface area contributed by atoms with E-state index in [2.05, 4.69) is 19.1 Å². The van der Waals surface area contributed by atoms with Crippen molar-refractivity contribution in [3.63, 3.8) is 0 Å². The fourth-order valence-corrected chi connectivity index (χ4v) is 2.28. The number of hydrogen-bond donors (Lipinski definition) is 0. The van der Waals surface area contributed by atoms with Gasteiger partial charge in [-0.15, -0.1) is 0 Å². The van der Waals surface area contributed by atoms with E-state index in [1.807, 2.05) is 0 Å². The molecule has 1 unspecified atom stereocenters. The fourth-order valence-electron chi connectivity index (χ4n) is 2.28. The van der Waals surface area contributed by atoms with Crippen molar-refractivity contribution in [2.45, 2.75) is 45.1 Å². The average molecular weight is 178 g/mol. The van der Waals surface area contributed by atoms with Gasteiger partial charge in [-0.05, 0) is 43.3 Å². The summed E-state index contributed by atoms with van der Waals surface area (Å²) >= 11 is 0. The molecule has 0 aromatic heterocycles. The molecule has 1 aliphatic carbocycles. The summed E-state index contributed by atoms with van der Waals surface area (Å²) in [5.74, 6) is 0. The molecule has 0 bridgehead atoms. The van der Waals surface area contributed by atoms with Gasteiger partial charge in [0.2, 0.25) is 0 Å². The second-order valence-corrected chi connectivity index (χ2v) is 3.84. The van der Waals surface area contributed by atoms with Gasteiger partial charge >= 0.3 is 0 Å². The molecule has 2 aliphatic rings. The zero-order chi connectivity index (χ0) is 9.10. The molecule has 1 fully saturated rings. The molecule has 0 radical (unpaired) electrons. The van der Waals surface area contributed by atoms with Crippen LogP contribution in [-0.4, -0.2) is 12.7 Å². The normalized spacial score (nSPS) is 31.3. The molecular weight excluding hydrogens is 160 g/mol. The molecule has 1 heterocycles. The van der Waals surface area contributed by atoms with E-state index in [1.54, 1.807) is 5.57 Å². The first kappa shape index (κ1) is 9.01. The second kappa shape index (κ2) is 4.10. The number of ether oxygens (including phenoxy) is 1. The van der Waals surface area contributed by atoms with E-state index >= 15 is 0 Å². The summed E-state index contributed by atoms with van der Waals surface area (Å²) in [6.07, 6.45) is 11.2. The minimum Gasteiger partial charge on any atom is -0.373 e. The van der Waals surface area contributed by atoms with Crippen LogP contribution in [0, 0.1) is 0 Å². The van der Waals surface area contributed by atoms with Crippen LogP contribution >= 0.6 is 0 Å². The first-order valence-electron chi connectivity index (χ1n) is 5.43. The number of fused-ring (bicyclic) bond motifs is 1. The first-order valence-corrected chi connectivity index (χ1v) is 5.43. The van der Waals surface area contributed by atoms with Gasteiger partial charge in [-0.3, -0.25) is 0 Å². The minimum atomic E-state index is 0.431. The lowest BCUT2D eigenvalue weighted by Crippen LogP contribution is -2.25. The Kier molecular flexibility index (Phi) is 2.84. The molecular formula is C12H18O. The molecule has 0 amide bonds. The fraction of sp³-hybridized carbons (Fsp3) is 0.667. The summed E-state index contributed by atoms with van der Waals surface area (Å²) < 4.78 is 5.75. The molecule has 1 aliphatic heterocycles. The number of hydrogen-bond acceptors (Lipinski definition) is 1. The van der Waals surface area contributed by atoms with E-state index in [9.17, 15) is 0 Å². The molecule has 1 nitrogen and oxygen atoms in total. The zero-order valence-electron chi connectivity index (χ0n) is 8.38. The summed E-state index contributed by atoms with van der Waals surface area (Å²) in [5, 5.41) is 0. The van der Waals surface area contributed by atoms with Crippen LogP contribution in [0.15, 0.2) is 23.3 Å². The highest BCUT2D eigenvalue weighted by atomic mass is 16.5. The maximum Gasteiger partial charge on any atom is 0.0824 e. The molecule has 2 rings (SSSR count). The maximum atomic E-state index is 5.75. The third-order valence-corrected chi connectivity index (χ3v) is 2.89. The van der Waals surface area contributed by atoms with Gasteiger partial charge in [-0.1, -0.05) is 19.1 Å². The van der Waals surface area contributed by atoms with Crippen LogP contribution in [0.4, 0.5) is 0 Å². The van der Waals surface area contributed by atoms with Gasteiger partial charge < -0.3 is 4.74 Å². The highest BCUT2D eigenvalue weighted by Crippen LogP contribution is 2.32. The monoisotopic (exact) mass is 178 g/mol. The van der Waals surface area contributed by atoms with Crippen LogP contribution in [0.1, 0.15) is 39.0 Å². The van der Waals surface area contributed by atoms with Crippen molar-refractivity contribution < 1.29 is 4.74 Å². The van der Waals surface area contributed by atoms with E-state index in [0.717, 1.165) is 19.4 Å². The van der Waals surface area contributed by atoms with Crippen LogP contribution in [0.3, 0.4) is 0 Å². The molecule has 0 aromatic carbocycles. The summed E-state index contributed by atoms with van der Waals surface area (Å²) in [7, 11) is 0. The van der Waals surface area contributed by atoms with Crippen molar-refractivity contribution in [3.8, 4) is 0 Å². The summed E-state index contributed by atoms with van der Waals surface area (Å²) in [6.45, 7) is 3.13. The van der Waals surface area contributed by atoms with E-state index < -0.39 is 0 Å². The lowest BCUT2D eigenvalue weighted by Gasteiger charge is -2.31. The Balaban J connectivity index is 2.19. The Morgan fingerprint density at radius 1 is 1.62 bits per heavy atom. The predicted octanol–water partition coefficient (Wildman–Crippen LogP) is 3.22. The number of rotatable bonds is 1. The predicted molar refractivity (Wildman–Crippen MR) is 54.7 cm³/mol. The van der Waals surface area contributed by atoms with Crippen LogP contribution in [0.5, 0.6) is 0 Å². The molecule has 0 aromatic rings. The number of allylic oxidation sites excluding steroid dienone is 2. The standard InChI is InChI=1S/C12H18O/c1-2-5-10-8-9-13-12-7-4-3-6-11(10)12/h5-6,12H,2-4,7-9H2,1H3/b10-5-. The smallest absolute Gasteiger partial charge is 0.0824 e. The van der Waals surface area contributed by atoms with Crippen LogP contribution in [0.25, 0.3) is 0 Å². The largest absolute Gasteiger partial charge is 0.373 e. The van der Waals surface area contributed by atoms with Gasteiger partial charge in [0.25, 0.3) is 0 Å². The van der Waals surface area contributed by atoms with Gasteiger partial charge in [0.1, 0.15) is 0 Å². The van der Waals surface area contributed by atoms with Gasteiger partial charge in [-0.25, -0.2) is 0 Å². The van der Waals surface area contributed by atoms with Crippen molar-refractivity contribution in [3.05, 3.63) is 23.3 Å². The molecule has 1 saturated heterocycles. The Bertz CT molecular complexity index is 238. The van der Waals surface area contributed by atoms with E-state index in [1.165, 1.54) is 24.8 Å². The van der Waals surface area contributed by atoms with Crippen LogP contribution in [-0.2, 0) is 4.74 Å². The molecule has 13 heavy (non-hydrogen) atoms. The average Bonchev–Trinajstić information content (AvgIpc) is 2.19. The van der Waals surface area contributed by atoms with Gasteiger partial charge in [0.15, 0.2) is 0 Å². The van der Waals surface area contributed by atoms with Crippen molar-refractivity contribution in [1.82, 2.24) is 0 Å². The van der Waals surface area contributed by atoms with Gasteiger partial charge in [0.05, 0.1) is 12.7 Å². The lowest BCUT2D eigenvalue weighted by molar-refractivity contribution is 0.0566. The highest BCUT2D eigenvalue weighted by molar-refractivity contribution is 5.36. The summed E-state index contributed by atoms with van der Waals surface area (Å²) in [5.41, 5.74) is 3.05. The lowest BCUT2D eigenvalue weighted by atomic mass is 9.87. The summed E-state index contributed by atoms with van der Waals surface area (Å²) in [6, 6.07) is 0. The van der Waals surface area contributed by atoms with Crippen LogP contribution in [0.2, 0.25) is 0 Å². The van der Waals surface area contributed by atoms with E-state index in [0.29, 0.717) is 6.10 Å². The third kappa shape index (κ3) is 1.86. The van der Waals surface area contributed by atoms with Crippen LogP contribution < -0.4 is 0 Å². The molecule has 1 heteroatoms. The Morgan fingerprint density at radius 3 is 3.38 bits per heavy atom. The highest BCUT2D eigenvalue weighted by Gasteiger charge is 2.24. The van der Waals surface area contributed by atoms with Crippen molar-refractivity contribution in [2.24, 2.45) is 0 Å². The Morgan fingerprint density at radius 2 is 2.54 bits per heavy atom. The molecule has 0 spiro atoms. The maximum absolute atomic E-state index is 5.75. The molecule has 0 saturated carbocycles. The third-order valence-electron chi connectivity index (χ3n) is 2.89. The quantitative estimate of drug-likeness (QED) is 0.599. The summed E-state index contributed by atoms with van der Waals surface area (Å²) in [4.78, 5) is 0. The SMILES string of the molecule is CC/C=C1/CCOC2CCCC=C12. The van der Waals surface area contributed by atoms with E-state index in [-0.39, 0.29) is 0 Å². The molecule has 72 valence electrons. The Labute approximate surface area is 80.5 Å². The zero-order valence-corrected chi connectivity index (χ0v) is 8.38.